The SMILES string of the molecule is C=Cc1ccccc1.O=[P+](c1ccccc1)c1ccccc1. The first kappa shape index (κ1) is 15.9. The van der Waals surface area contributed by atoms with Crippen LogP contribution in [-0.4, -0.2) is 0 Å². The van der Waals surface area contributed by atoms with Gasteiger partial charge in [-0.1, -0.05) is 84.0 Å². The van der Waals surface area contributed by atoms with Crippen LogP contribution in [0.1, 0.15) is 5.56 Å². The minimum atomic E-state index is -1.42. The molecule has 0 atom stereocenters. The van der Waals surface area contributed by atoms with Crippen LogP contribution in [0.5, 0.6) is 0 Å². The molecule has 0 spiro atoms. The normalized spacial score (nSPS) is 9.27. The Kier molecular flexibility index (Phi) is 6.29. The van der Waals surface area contributed by atoms with Crippen LogP contribution in [-0.2, 0) is 4.57 Å². The molecule has 0 aromatic heterocycles. The molecule has 3 aromatic rings. The van der Waals surface area contributed by atoms with E-state index in [1.54, 1.807) is 0 Å². The van der Waals surface area contributed by atoms with Gasteiger partial charge in [0.15, 0.2) is 10.6 Å². The highest BCUT2D eigenvalue weighted by Gasteiger charge is 2.21. The van der Waals surface area contributed by atoms with Crippen molar-refractivity contribution in [1.82, 2.24) is 0 Å². The molecule has 0 saturated heterocycles. The lowest BCUT2D eigenvalue weighted by Crippen LogP contribution is -2.04. The highest BCUT2D eigenvalue weighted by Crippen LogP contribution is 2.18. The van der Waals surface area contributed by atoms with Gasteiger partial charge in [0.25, 0.3) is 0 Å². The van der Waals surface area contributed by atoms with Gasteiger partial charge in [-0.05, 0) is 29.8 Å². The van der Waals surface area contributed by atoms with Crippen molar-refractivity contribution >= 4 is 24.5 Å². The monoisotopic (exact) mass is 305 g/mol. The molecule has 0 unspecified atom stereocenters. The topological polar surface area (TPSA) is 17.1 Å². The first-order valence-electron chi connectivity index (χ1n) is 7.06. The summed E-state index contributed by atoms with van der Waals surface area (Å²) in [5.74, 6) is 0. The molecular weight excluding hydrogens is 287 g/mol. The highest BCUT2D eigenvalue weighted by atomic mass is 31.1. The molecule has 0 aliphatic carbocycles. The first-order valence-corrected chi connectivity index (χ1v) is 8.32. The van der Waals surface area contributed by atoms with E-state index in [-0.39, 0.29) is 0 Å². The Balaban J connectivity index is 0.000000188. The van der Waals surface area contributed by atoms with Crippen molar-refractivity contribution in [1.29, 1.82) is 0 Å². The van der Waals surface area contributed by atoms with Crippen molar-refractivity contribution in [2.75, 3.05) is 0 Å². The van der Waals surface area contributed by atoms with Gasteiger partial charge in [-0.3, -0.25) is 0 Å². The molecule has 1 nitrogen and oxygen atoms in total. The van der Waals surface area contributed by atoms with Crippen LogP contribution in [0.15, 0.2) is 97.6 Å². The largest absolute Gasteiger partial charge is 0.415 e. The van der Waals surface area contributed by atoms with Gasteiger partial charge in [0.05, 0.1) is 0 Å². The highest BCUT2D eigenvalue weighted by molar-refractivity contribution is 7.61. The Morgan fingerprint density at radius 3 is 1.32 bits per heavy atom. The molecule has 0 fully saturated rings. The van der Waals surface area contributed by atoms with Gasteiger partial charge in [0.1, 0.15) is 0 Å². The van der Waals surface area contributed by atoms with Crippen LogP contribution in [0.4, 0.5) is 0 Å². The summed E-state index contributed by atoms with van der Waals surface area (Å²) >= 11 is 0. The molecular formula is C20H18OP+. The molecule has 0 aliphatic heterocycles. The summed E-state index contributed by atoms with van der Waals surface area (Å²) < 4.78 is 12.0. The van der Waals surface area contributed by atoms with E-state index in [0.29, 0.717) is 0 Å². The zero-order valence-corrected chi connectivity index (χ0v) is 13.2. The van der Waals surface area contributed by atoms with Gasteiger partial charge in [-0.2, -0.15) is 0 Å². The maximum atomic E-state index is 12.0. The van der Waals surface area contributed by atoms with Gasteiger partial charge in [0, 0.05) is 0 Å². The molecule has 2 heteroatoms. The van der Waals surface area contributed by atoms with Gasteiger partial charge in [0.2, 0.25) is 0 Å². The van der Waals surface area contributed by atoms with Gasteiger partial charge >= 0.3 is 7.80 Å². The van der Waals surface area contributed by atoms with Gasteiger partial charge < -0.3 is 0 Å². The van der Waals surface area contributed by atoms with Crippen LogP contribution >= 0.6 is 7.80 Å². The fraction of sp³-hybridized carbons (Fsp3) is 0. The molecule has 22 heavy (non-hydrogen) atoms. The Morgan fingerprint density at radius 2 is 1.00 bits per heavy atom. The van der Waals surface area contributed by atoms with Crippen molar-refractivity contribution in [2.24, 2.45) is 0 Å². The summed E-state index contributed by atoms with van der Waals surface area (Å²) in [5.41, 5.74) is 1.17. The van der Waals surface area contributed by atoms with E-state index >= 15 is 0 Å². The fourth-order valence-electron chi connectivity index (χ4n) is 1.86. The molecule has 0 saturated carbocycles. The maximum Gasteiger partial charge on any atom is 0.415 e. The number of hydrogen-bond acceptors (Lipinski definition) is 1. The van der Waals surface area contributed by atoms with Crippen molar-refractivity contribution in [3.8, 4) is 0 Å². The van der Waals surface area contributed by atoms with Crippen molar-refractivity contribution in [3.05, 3.63) is 103 Å². The Morgan fingerprint density at radius 1 is 0.636 bits per heavy atom. The molecule has 3 aromatic carbocycles. The van der Waals surface area contributed by atoms with E-state index in [2.05, 4.69) is 6.58 Å². The zero-order valence-electron chi connectivity index (χ0n) is 12.3. The van der Waals surface area contributed by atoms with Crippen molar-refractivity contribution in [3.63, 3.8) is 0 Å². The Bertz CT molecular complexity index is 665. The minimum Gasteiger partial charge on any atom is -0.0985 e. The predicted molar refractivity (Wildman–Crippen MR) is 96.3 cm³/mol. The molecule has 0 radical (unpaired) electrons. The van der Waals surface area contributed by atoms with Crippen molar-refractivity contribution < 1.29 is 4.57 Å². The second-order valence-corrected chi connectivity index (χ2v) is 6.20. The van der Waals surface area contributed by atoms with Gasteiger partial charge in [-0.15, -0.1) is 0 Å². The lowest BCUT2D eigenvalue weighted by molar-refractivity contribution is 0.598. The lowest BCUT2D eigenvalue weighted by atomic mass is 10.2. The molecule has 0 aliphatic rings. The van der Waals surface area contributed by atoms with Crippen LogP contribution in [0, 0.1) is 0 Å². The third-order valence-corrected chi connectivity index (χ3v) is 4.55. The van der Waals surface area contributed by atoms with E-state index in [0.717, 1.165) is 10.6 Å². The predicted octanol–water partition coefficient (Wildman–Crippen LogP) is 4.79. The van der Waals surface area contributed by atoms with Crippen LogP contribution in [0.2, 0.25) is 0 Å². The molecule has 108 valence electrons. The third kappa shape index (κ3) is 4.80. The van der Waals surface area contributed by atoms with E-state index in [4.69, 9.17) is 0 Å². The minimum absolute atomic E-state index is 0.883. The van der Waals surface area contributed by atoms with Crippen LogP contribution in [0.25, 0.3) is 6.08 Å². The lowest BCUT2D eigenvalue weighted by Gasteiger charge is -1.87. The molecule has 0 N–H and O–H groups in total. The summed E-state index contributed by atoms with van der Waals surface area (Å²) in [4.78, 5) is 0. The van der Waals surface area contributed by atoms with E-state index in [1.807, 2.05) is 97.1 Å². The van der Waals surface area contributed by atoms with Crippen LogP contribution in [0.3, 0.4) is 0 Å². The van der Waals surface area contributed by atoms with Gasteiger partial charge in [-0.25, -0.2) is 0 Å². The Labute approximate surface area is 132 Å². The fourth-order valence-corrected chi connectivity index (χ4v) is 3.05. The van der Waals surface area contributed by atoms with E-state index in [1.165, 1.54) is 5.56 Å². The van der Waals surface area contributed by atoms with E-state index in [9.17, 15) is 4.57 Å². The standard InChI is InChI=1S/C12H10OP.C8H8/c13-14(11-7-3-1-4-8-11)12-9-5-2-6-10-12;1-2-8-6-4-3-5-7-8/h1-10H;2-7H,1H2/q+1;. The molecule has 0 bridgehead atoms. The summed E-state index contributed by atoms with van der Waals surface area (Å²) in [6.45, 7) is 3.63. The number of benzene rings is 3. The third-order valence-electron chi connectivity index (χ3n) is 3.02. The zero-order chi connectivity index (χ0) is 15.6. The molecule has 3 rings (SSSR count). The van der Waals surface area contributed by atoms with Crippen LogP contribution < -0.4 is 10.6 Å². The maximum absolute atomic E-state index is 12.0. The number of rotatable bonds is 3. The Hall–Kier alpha value is -2.50. The number of hydrogen-bond donors (Lipinski definition) is 0. The second kappa shape index (κ2) is 8.71. The average molecular weight is 305 g/mol. The average Bonchev–Trinajstić information content (AvgIpc) is 2.64. The summed E-state index contributed by atoms with van der Waals surface area (Å²) in [7, 11) is -1.42. The summed E-state index contributed by atoms with van der Waals surface area (Å²) in [6.07, 6.45) is 1.83. The van der Waals surface area contributed by atoms with E-state index < -0.39 is 7.80 Å². The first-order chi connectivity index (χ1) is 10.8. The summed E-state index contributed by atoms with van der Waals surface area (Å²) in [5, 5.41) is 1.77. The molecule has 0 amide bonds. The van der Waals surface area contributed by atoms with Crippen molar-refractivity contribution in [2.45, 2.75) is 0 Å². The summed E-state index contributed by atoms with van der Waals surface area (Å²) in [6, 6.07) is 29.1. The quantitative estimate of drug-likeness (QED) is 0.636. The molecule has 0 heterocycles. The smallest absolute Gasteiger partial charge is 0.0985 e. The second-order valence-electron chi connectivity index (χ2n) is 4.58.